The van der Waals surface area contributed by atoms with Crippen molar-refractivity contribution in [2.75, 3.05) is 20.1 Å². The van der Waals surface area contributed by atoms with Crippen molar-refractivity contribution < 1.29 is 0 Å². The molecule has 2 heteroatoms. The second kappa shape index (κ2) is 7.29. The Labute approximate surface area is 102 Å². The lowest BCUT2D eigenvalue weighted by molar-refractivity contribution is 0.144. The predicted molar refractivity (Wildman–Crippen MR) is 71.5 cm³/mol. The van der Waals surface area contributed by atoms with Crippen LogP contribution in [0.1, 0.15) is 52.4 Å². The van der Waals surface area contributed by atoms with Gasteiger partial charge in [-0.2, -0.15) is 0 Å². The standard InChI is InChI=1S/C14H30N2/c1-4-7-12(2)16(3)11-14-9-6-5-8-13(14)10-15/h12-14H,4-11,15H2,1-3H3. The van der Waals surface area contributed by atoms with E-state index >= 15 is 0 Å². The third-order valence-electron chi connectivity index (χ3n) is 4.35. The van der Waals surface area contributed by atoms with Crippen LogP contribution >= 0.6 is 0 Å². The first-order chi connectivity index (χ1) is 7.69. The highest BCUT2D eigenvalue weighted by atomic mass is 15.1. The van der Waals surface area contributed by atoms with Gasteiger partial charge in [0.15, 0.2) is 0 Å². The second-order valence-corrected chi connectivity index (χ2v) is 5.62. The molecule has 0 spiro atoms. The molecule has 3 unspecified atom stereocenters. The minimum absolute atomic E-state index is 0.727. The van der Waals surface area contributed by atoms with Gasteiger partial charge in [-0.1, -0.05) is 26.2 Å². The SMILES string of the molecule is CCCC(C)N(C)CC1CCCCC1CN. The molecule has 0 aromatic heterocycles. The molecule has 0 aromatic rings. The number of hydrogen-bond donors (Lipinski definition) is 1. The zero-order valence-corrected chi connectivity index (χ0v) is 11.4. The van der Waals surface area contributed by atoms with Crippen LogP contribution in [0.5, 0.6) is 0 Å². The van der Waals surface area contributed by atoms with Crippen molar-refractivity contribution in [1.29, 1.82) is 0 Å². The molecule has 3 atom stereocenters. The molecule has 0 aliphatic heterocycles. The maximum atomic E-state index is 5.89. The van der Waals surface area contributed by atoms with Crippen LogP contribution in [0, 0.1) is 11.8 Å². The van der Waals surface area contributed by atoms with E-state index in [1.54, 1.807) is 0 Å². The zero-order chi connectivity index (χ0) is 12.0. The topological polar surface area (TPSA) is 29.3 Å². The van der Waals surface area contributed by atoms with Crippen LogP contribution in [-0.4, -0.2) is 31.1 Å². The van der Waals surface area contributed by atoms with Gasteiger partial charge >= 0.3 is 0 Å². The van der Waals surface area contributed by atoms with Gasteiger partial charge in [-0.25, -0.2) is 0 Å². The lowest BCUT2D eigenvalue weighted by Gasteiger charge is -2.35. The van der Waals surface area contributed by atoms with E-state index in [0.29, 0.717) is 0 Å². The quantitative estimate of drug-likeness (QED) is 0.754. The van der Waals surface area contributed by atoms with Gasteiger partial charge in [-0.05, 0) is 51.6 Å². The minimum atomic E-state index is 0.727. The molecule has 1 aliphatic carbocycles. The molecule has 16 heavy (non-hydrogen) atoms. The number of nitrogens with zero attached hydrogens (tertiary/aromatic N) is 1. The van der Waals surface area contributed by atoms with Crippen LogP contribution in [0.4, 0.5) is 0 Å². The lowest BCUT2D eigenvalue weighted by Crippen LogP contribution is -2.39. The van der Waals surface area contributed by atoms with Gasteiger partial charge in [-0.15, -0.1) is 0 Å². The van der Waals surface area contributed by atoms with E-state index < -0.39 is 0 Å². The molecule has 0 heterocycles. The Morgan fingerprint density at radius 1 is 1.25 bits per heavy atom. The van der Waals surface area contributed by atoms with Crippen molar-refractivity contribution in [1.82, 2.24) is 4.90 Å². The van der Waals surface area contributed by atoms with E-state index in [1.165, 1.54) is 45.1 Å². The molecular formula is C14H30N2. The van der Waals surface area contributed by atoms with Gasteiger partial charge in [0.2, 0.25) is 0 Å². The summed E-state index contributed by atoms with van der Waals surface area (Å²) < 4.78 is 0. The lowest BCUT2D eigenvalue weighted by atomic mass is 9.79. The highest BCUT2D eigenvalue weighted by molar-refractivity contribution is 4.79. The minimum Gasteiger partial charge on any atom is -0.330 e. The van der Waals surface area contributed by atoms with Crippen molar-refractivity contribution in [3.8, 4) is 0 Å². The number of hydrogen-bond acceptors (Lipinski definition) is 2. The molecule has 1 saturated carbocycles. The average molecular weight is 226 g/mol. The van der Waals surface area contributed by atoms with Crippen molar-refractivity contribution in [3.63, 3.8) is 0 Å². The summed E-state index contributed by atoms with van der Waals surface area (Å²) in [5.74, 6) is 1.63. The molecule has 2 nitrogen and oxygen atoms in total. The first kappa shape index (κ1) is 14.0. The number of nitrogens with two attached hydrogens (primary N) is 1. The molecule has 96 valence electrons. The first-order valence-corrected chi connectivity index (χ1v) is 7.09. The molecule has 0 bridgehead atoms. The van der Waals surface area contributed by atoms with E-state index in [-0.39, 0.29) is 0 Å². The van der Waals surface area contributed by atoms with Crippen LogP contribution in [-0.2, 0) is 0 Å². The van der Waals surface area contributed by atoms with Crippen LogP contribution in [0.15, 0.2) is 0 Å². The summed E-state index contributed by atoms with van der Waals surface area (Å²) in [6, 6.07) is 0.727. The van der Waals surface area contributed by atoms with Gasteiger partial charge < -0.3 is 10.6 Å². The summed E-state index contributed by atoms with van der Waals surface area (Å²) in [4.78, 5) is 2.54. The Morgan fingerprint density at radius 3 is 2.44 bits per heavy atom. The summed E-state index contributed by atoms with van der Waals surface area (Å²) in [6.07, 6.45) is 8.17. The van der Waals surface area contributed by atoms with Gasteiger partial charge in [0.1, 0.15) is 0 Å². The predicted octanol–water partition coefficient (Wildman–Crippen LogP) is 2.87. The van der Waals surface area contributed by atoms with E-state index in [1.807, 2.05) is 0 Å². The summed E-state index contributed by atoms with van der Waals surface area (Å²) >= 11 is 0. The first-order valence-electron chi connectivity index (χ1n) is 7.09. The smallest absolute Gasteiger partial charge is 0.00638 e. The number of rotatable bonds is 6. The summed E-state index contributed by atoms with van der Waals surface area (Å²) in [7, 11) is 2.28. The maximum absolute atomic E-state index is 5.89. The van der Waals surface area contributed by atoms with Gasteiger partial charge in [0.05, 0.1) is 0 Å². The summed E-state index contributed by atoms with van der Waals surface area (Å²) in [6.45, 7) is 6.76. The molecule has 0 radical (unpaired) electrons. The summed E-state index contributed by atoms with van der Waals surface area (Å²) in [5, 5.41) is 0. The van der Waals surface area contributed by atoms with Crippen LogP contribution < -0.4 is 5.73 Å². The fourth-order valence-electron chi connectivity index (χ4n) is 3.02. The fourth-order valence-corrected chi connectivity index (χ4v) is 3.02. The van der Waals surface area contributed by atoms with Gasteiger partial charge in [0.25, 0.3) is 0 Å². The molecular weight excluding hydrogens is 196 g/mol. The molecule has 0 amide bonds. The molecule has 0 aromatic carbocycles. The Morgan fingerprint density at radius 2 is 1.88 bits per heavy atom. The second-order valence-electron chi connectivity index (χ2n) is 5.62. The maximum Gasteiger partial charge on any atom is 0.00638 e. The van der Waals surface area contributed by atoms with E-state index in [2.05, 4.69) is 25.8 Å². The molecule has 0 saturated heterocycles. The van der Waals surface area contributed by atoms with Crippen molar-refractivity contribution >= 4 is 0 Å². The van der Waals surface area contributed by atoms with E-state index in [9.17, 15) is 0 Å². The average Bonchev–Trinajstić information content (AvgIpc) is 2.30. The van der Waals surface area contributed by atoms with E-state index in [4.69, 9.17) is 5.73 Å². The Hall–Kier alpha value is -0.0800. The Kier molecular flexibility index (Phi) is 6.37. The highest BCUT2D eigenvalue weighted by Gasteiger charge is 2.25. The Bertz CT molecular complexity index is 182. The van der Waals surface area contributed by atoms with E-state index in [0.717, 1.165) is 24.4 Å². The Balaban J connectivity index is 2.38. The molecule has 1 rings (SSSR count). The third-order valence-corrected chi connectivity index (χ3v) is 4.35. The largest absolute Gasteiger partial charge is 0.330 e. The summed E-state index contributed by atoms with van der Waals surface area (Å²) in [5.41, 5.74) is 5.89. The van der Waals surface area contributed by atoms with Crippen molar-refractivity contribution in [2.24, 2.45) is 17.6 Å². The van der Waals surface area contributed by atoms with Crippen LogP contribution in [0.2, 0.25) is 0 Å². The van der Waals surface area contributed by atoms with Crippen LogP contribution in [0.3, 0.4) is 0 Å². The van der Waals surface area contributed by atoms with Crippen molar-refractivity contribution in [3.05, 3.63) is 0 Å². The zero-order valence-electron chi connectivity index (χ0n) is 11.4. The van der Waals surface area contributed by atoms with Crippen LogP contribution in [0.25, 0.3) is 0 Å². The normalized spacial score (nSPS) is 28.3. The molecule has 1 aliphatic rings. The van der Waals surface area contributed by atoms with Gasteiger partial charge in [-0.3, -0.25) is 0 Å². The fraction of sp³-hybridized carbons (Fsp3) is 1.00. The third kappa shape index (κ3) is 4.06. The van der Waals surface area contributed by atoms with Crippen molar-refractivity contribution in [2.45, 2.75) is 58.4 Å². The molecule has 2 N–H and O–H groups in total. The highest BCUT2D eigenvalue weighted by Crippen LogP contribution is 2.30. The monoisotopic (exact) mass is 226 g/mol. The molecule has 1 fully saturated rings. The van der Waals surface area contributed by atoms with Gasteiger partial charge in [0, 0.05) is 12.6 Å².